The van der Waals surface area contributed by atoms with Crippen molar-refractivity contribution in [3.8, 4) is 0 Å². The number of hydrogen-bond acceptors (Lipinski definition) is 5. The maximum Gasteiger partial charge on any atom is 0.228 e. The second kappa shape index (κ2) is 7.35. The van der Waals surface area contributed by atoms with Crippen LogP contribution in [0.4, 0.5) is 5.13 Å². The molecule has 0 radical (unpaired) electrons. The summed E-state index contributed by atoms with van der Waals surface area (Å²) in [5.74, 6) is 1.09. The molecule has 0 aliphatic carbocycles. The van der Waals surface area contributed by atoms with Crippen LogP contribution in [0.3, 0.4) is 0 Å². The van der Waals surface area contributed by atoms with Gasteiger partial charge in [-0.2, -0.15) is 4.37 Å². The Kier molecular flexibility index (Phi) is 5.32. The highest BCUT2D eigenvalue weighted by atomic mass is 32.1. The Hall–Kier alpha value is -1.95. The first kappa shape index (κ1) is 18.8. The van der Waals surface area contributed by atoms with Gasteiger partial charge in [-0.25, -0.2) is 4.98 Å². The van der Waals surface area contributed by atoms with Gasteiger partial charge in [0.1, 0.15) is 5.82 Å². The first-order chi connectivity index (χ1) is 12.2. The van der Waals surface area contributed by atoms with Crippen molar-refractivity contribution in [2.75, 3.05) is 24.5 Å². The lowest BCUT2D eigenvalue weighted by Gasteiger charge is -2.42. The molecule has 1 aliphatic rings. The van der Waals surface area contributed by atoms with Crippen LogP contribution >= 0.6 is 11.5 Å². The van der Waals surface area contributed by atoms with Crippen molar-refractivity contribution in [2.45, 2.75) is 47.1 Å². The van der Waals surface area contributed by atoms with Gasteiger partial charge in [-0.3, -0.25) is 4.79 Å². The lowest BCUT2D eigenvalue weighted by Crippen LogP contribution is -2.56. The third kappa shape index (κ3) is 4.23. The molecule has 26 heavy (non-hydrogen) atoms. The van der Waals surface area contributed by atoms with E-state index in [-0.39, 0.29) is 17.4 Å². The lowest BCUT2D eigenvalue weighted by atomic mass is 9.93. The maximum atomic E-state index is 12.6. The molecular formula is C20H28N4OS. The lowest BCUT2D eigenvalue weighted by molar-refractivity contribution is -0.142. The van der Waals surface area contributed by atoms with Crippen molar-refractivity contribution >= 4 is 22.6 Å². The van der Waals surface area contributed by atoms with Crippen LogP contribution in [0.5, 0.6) is 0 Å². The highest BCUT2D eigenvalue weighted by Gasteiger charge is 2.34. The van der Waals surface area contributed by atoms with E-state index in [1.807, 2.05) is 25.7 Å². The molecule has 1 fully saturated rings. The Morgan fingerprint density at radius 2 is 1.92 bits per heavy atom. The zero-order valence-corrected chi connectivity index (χ0v) is 17.1. The topological polar surface area (TPSA) is 49.3 Å². The van der Waals surface area contributed by atoms with Crippen molar-refractivity contribution in [1.82, 2.24) is 14.3 Å². The number of amides is 1. The molecule has 5 nitrogen and oxygen atoms in total. The van der Waals surface area contributed by atoms with Crippen molar-refractivity contribution in [2.24, 2.45) is 5.41 Å². The summed E-state index contributed by atoms with van der Waals surface area (Å²) in [4.78, 5) is 21.6. The van der Waals surface area contributed by atoms with Gasteiger partial charge >= 0.3 is 0 Å². The number of carbonyl (C=O) groups excluding carboxylic acids is 1. The van der Waals surface area contributed by atoms with Crippen molar-refractivity contribution < 1.29 is 4.79 Å². The van der Waals surface area contributed by atoms with Crippen LogP contribution in [-0.2, 0) is 11.2 Å². The summed E-state index contributed by atoms with van der Waals surface area (Å²) in [6.45, 7) is 12.5. The highest BCUT2D eigenvalue weighted by molar-refractivity contribution is 7.09. The number of anilines is 1. The van der Waals surface area contributed by atoms with Gasteiger partial charge in [0.05, 0.1) is 0 Å². The molecule has 0 bridgehead atoms. The highest BCUT2D eigenvalue weighted by Crippen LogP contribution is 2.25. The van der Waals surface area contributed by atoms with Crippen LogP contribution in [0.25, 0.3) is 0 Å². The summed E-state index contributed by atoms with van der Waals surface area (Å²) in [6, 6.07) is 8.69. The molecule has 3 rings (SSSR count). The number of hydrogen-bond donors (Lipinski definition) is 0. The molecule has 0 spiro atoms. The first-order valence-corrected chi connectivity index (χ1v) is 9.95. The molecule has 2 aromatic rings. The molecule has 0 unspecified atom stereocenters. The fraction of sp³-hybridized carbons (Fsp3) is 0.550. The smallest absolute Gasteiger partial charge is 0.228 e. The average Bonchev–Trinajstić information content (AvgIpc) is 3.04. The number of aryl methyl sites for hydroxylation is 1. The summed E-state index contributed by atoms with van der Waals surface area (Å²) in [5, 5.41) is 0.960. The maximum absolute atomic E-state index is 12.6. The fourth-order valence-electron chi connectivity index (χ4n) is 3.20. The van der Waals surface area contributed by atoms with E-state index in [4.69, 9.17) is 4.98 Å². The van der Waals surface area contributed by atoms with Gasteiger partial charge in [-0.1, -0.05) is 50.6 Å². The van der Waals surface area contributed by atoms with E-state index < -0.39 is 0 Å². The van der Waals surface area contributed by atoms with Crippen LogP contribution in [-0.4, -0.2) is 45.8 Å². The van der Waals surface area contributed by atoms with Gasteiger partial charge in [0, 0.05) is 49.0 Å². The van der Waals surface area contributed by atoms with Crippen molar-refractivity contribution in [3.63, 3.8) is 0 Å². The molecule has 1 aliphatic heterocycles. The van der Waals surface area contributed by atoms with Gasteiger partial charge in [0.15, 0.2) is 0 Å². The monoisotopic (exact) mass is 372 g/mol. The second-order valence-corrected chi connectivity index (χ2v) is 8.93. The van der Waals surface area contributed by atoms with E-state index in [1.165, 1.54) is 22.7 Å². The number of nitrogens with zero attached hydrogens (tertiary/aromatic N) is 4. The Labute approximate surface area is 160 Å². The molecule has 6 heteroatoms. The minimum Gasteiger partial charge on any atom is -0.343 e. The summed E-state index contributed by atoms with van der Waals surface area (Å²) >= 11 is 1.46. The summed E-state index contributed by atoms with van der Waals surface area (Å²) in [6.07, 6.45) is 0.759. The Morgan fingerprint density at radius 3 is 2.54 bits per heavy atom. The quantitative estimate of drug-likeness (QED) is 0.827. The van der Waals surface area contributed by atoms with Crippen LogP contribution in [0.1, 0.15) is 44.6 Å². The molecule has 140 valence electrons. The standard InChI is InChI=1S/C20H28N4OS/c1-14-6-8-16(9-7-14)12-17-21-19(26-22-17)23-10-11-24(15(2)13-23)18(25)20(3,4)5/h6-9,15H,10-13H2,1-5H3/t15-/m1/s1. The molecule has 1 aromatic heterocycles. The predicted molar refractivity (Wildman–Crippen MR) is 107 cm³/mol. The van der Waals surface area contributed by atoms with Crippen LogP contribution in [0.15, 0.2) is 24.3 Å². The Bertz CT molecular complexity index is 763. The van der Waals surface area contributed by atoms with Gasteiger partial charge in [0.2, 0.25) is 11.0 Å². The molecular weight excluding hydrogens is 344 g/mol. The molecule has 0 saturated carbocycles. The third-order valence-corrected chi connectivity index (χ3v) is 5.56. The molecule has 1 aromatic carbocycles. The van der Waals surface area contributed by atoms with Gasteiger partial charge < -0.3 is 9.80 Å². The summed E-state index contributed by atoms with van der Waals surface area (Å²) < 4.78 is 4.54. The van der Waals surface area contributed by atoms with E-state index in [0.717, 1.165) is 37.0 Å². The number of piperazine rings is 1. The van der Waals surface area contributed by atoms with Gasteiger partial charge in [0.25, 0.3) is 0 Å². The molecule has 1 atom stereocenters. The molecule has 1 amide bonds. The summed E-state index contributed by atoms with van der Waals surface area (Å²) in [7, 11) is 0. The minimum atomic E-state index is -0.333. The summed E-state index contributed by atoms with van der Waals surface area (Å²) in [5.41, 5.74) is 2.16. The number of carbonyl (C=O) groups is 1. The van der Waals surface area contributed by atoms with E-state index >= 15 is 0 Å². The van der Waals surface area contributed by atoms with Crippen molar-refractivity contribution in [3.05, 3.63) is 41.2 Å². The fourth-order valence-corrected chi connectivity index (χ4v) is 3.92. The normalized spacial score (nSPS) is 18.3. The minimum absolute atomic E-state index is 0.180. The first-order valence-electron chi connectivity index (χ1n) is 9.18. The average molecular weight is 373 g/mol. The van der Waals surface area contributed by atoms with Crippen LogP contribution in [0, 0.1) is 12.3 Å². The van der Waals surface area contributed by atoms with E-state index in [2.05, 4.69) is 47.4 Å². The van der Waals surface area contributed by atoms with Crippen LogP contribution < -0.4 is 4.90 Å². The molecule has 2 heterocycles. The van der Waals surface area contributed by atoms with Gasteiger partial charge in [-0.05, 0) is 19.4 Å². The zero-order chi connectivity index (χ0) is 18.9. The SMILES string of the molecule is Cc1ccc(Cc2nsc(N3CCN(C(=O)C(C)(C)C)[C@H](C)C3)n2)cc1. The molecule has 0 N–H and O–H groups in total. The predicted octanol–water partition coefficient (Wildman–Crippen LogP) is 3.52. The zero-order valence-electron chi connectivity index (χ0n) is 16.3. The Balaban J connectivity index is 1.64. The Morgan fingerprint density at radius 1 is 1.23 bits per heavy atom. The number of benzene rings is 1. The van der Waals surface area contributed by atoms with E-state index in [9.17, 15) is 4.79 Å². The number of aromatic nitrogens is 2. The van der Waals surface area contributed by atoms with Crippen LogP contribution in [0.2, 0.25) is 0 Å². The third-order valence-electron chi connectivity index (χ3n) is 4.74. The largest absolute Gasteiger partial charge is 0.343 e. The van der Waals surface area contributed by atoms with E-state index in [1.54, 1.807) is 0 Å². The van der Waals surface area contributed by atoms with Gasteiger partial charge in [-0.15, -0.1) is 0 Å². The molecule has 1 saturated heterocycles. The van der Waals surface area contributed by atoms with Crippen molar-refractivity contribution in [1.29, 1.82) is 0 Å². The second-order valence-electron chi connectivity index (χ2n) is 8.20. The number of rotatable bonds is 3. The van der Waals surface area contributed by atoms with E-state index in [0.29, 0.717) is 0 Å².